The fraction of sp³-hybridized carbons (Fsp3) is 0.417. The van der Waals surface area contributed by atoms with Crippen LogP contribution in [-0.4, -0.2) is 25.4 Å². The van der Waals surface area contributed by atoms with E-state index in [9.17, 15) is 4.79 Å². The third-order valence-electron chi connectivity index (χ3n) is 2.86. The molecule has 1 saturated heterocycles. The molecule has 0 bridgehead atoms. The maximum absolute atomic E-state index is 11.8. The molecule has 1 aromatic carbocycles. The number of amides is 1. The van der Waals surface area contributed by atoms with E-state index >= 15 is 0 Å². The van der Waals surface area contributed by atoms with Crippen LogP contribution in [0.3, 0.4) is 0 Å². The van der Waals surface area contributed by atoms with Gasteiger partial charge in [0.1, 0.15) is 6.10 Å². The molecule has 17 heavy (non-hydrogen) atoms. The summed E-state index contributed by atoms with van der Waals surface area (Å²) < 4.78 is 15.8. The van der Waals surface area contributed by atoms with E-state index in [1.54, 1.807) is 18.2 Å². The normalized spacial score (nSPS) is 21.5. The second kappa shape index (κ2) is 4.25. The highest BCUT2D eigenvalue weighted by molar-refractivity contribution is 5.94. The lowest BCUT2D eigenvalue weighted by Crippen LogP contribution is -2.26. The standard InChI is InChI=1S/C12H13NO4/c14-12(10-2-1-5-15-10)13-8-3-4-9-11(6-8)17-7-16-9/h3-4,6,10H,1-2,5,7H2,(H,13,14). The van der Waals surface area contributed by atoms with Crippen LogP contribution in [0.5, 0.6) is 11.5 Å². The summed E-state index contributed by atoms with van der Waals surface area (Å²) in [5.41, 5.74) is 0.703. The number of carbonyl (C=O) groups excluding carboxylic acids is 1. The van der Waals surface area contributed by atoms with Crippen molar-refractivity contribution in [1.29, 1.82) is 0 Å². The zero-order chi connectivity index (χ0) is 11.7. The van der Waals surface area contributed by atoms with Gasteiger partial charge in [-0.25, -0.2) is 0 Å². The molecule has 0 spiro atoms. The number of hydrogen-bond acceptors (Lipinski definition) is 4. The molecule has 3 rings (SSSR count). The van der Waals surface area contributed by atoms with E-state index in [0.29, 0.717) is 23.8 Å². The molecule has 1 atom stereocenters. The Morgan fingerprint density at radius 2 is 2.18 bits per heavy atom. The molecule has 2 aliphatic rings. The second-order valence-corrected chi connectivity index (χ2v) is 4.06. The summed E-state index contributed by atoms with van der Waals surface area (Å²) in [6.45, 7) is 0.900. The van der Waals surface area contributed by atoms with Crippen LogP contribution in [0.2, 0.25) is 0 Å². The van der Waals surface area contributed by atoms with Crippen LogP contribution >= 0.6 is 0 Å². The van der Waals surface area contributed by atoms with Crippen LogP contribution in [-0.2, 0) is 9.53 Å². The Balaban J connectivity index is 1.70. The minimum atomic E-state index is -0.319. The largest absolute Gasteiger partial charge is 0.454 e. The van der Waals surface area contributed by atoms with Crippen molar-refractivity contribution in [3.63, 3.8) is 0 Å². The maximum atomic E-state index is 11.8. The highest BCUT2D eigenvalue weighted by atomic mass is 16.7. The Bertz CT molecular complexity index is 440. The Labute approximate surface area is 98.7 Å². The third-order valence-corrected chi connectivity index (χ3v) is 2.86. The lowest BCUT2D eigenvalue weighted by Gasteiger charge is -2.10. The van der Waals surface area contributed by atoms with Crippen LogP contribution in [0, 0.1) is 0 Å². The highest BCUT2D eigenvalue weighted by Gasteiger charge is 2.24. The molecule has 1 fully saturated rings. The van der Waals surface area contributed by atoms with Crippen LogP contribution < -0.4 is 14.8 Å². The smallest absolute Gasteiger partial charge is 0.253 e. The average Bonchev–Trinajstić information content (AvgIpc) is 2.99. The summed E-state index contributed by atoms with van der Waals surface area (Å²) in [7, 11) is 0. The molecule has 90 valence electrons. The first-order valence-corrected chi connectivity index (χ1v) is 5.65. The van der Waals surface area contributed by atoms with Gasteiger partial charge in [0.05, 0.1) is 0 Å². The van der Waals surface area contributed by atoms with E-state index in [2.05, 4.69) is 5.32 Å². The van der Waals surface area contributed by atoms with Crippen molar-refractivity contribution in [2.45, 2.75) is 18.9 Å². The zero-order valence-electron chi connectivity index (χ0n) is 9.27. The molecule has 1 unspecified atom stereocenters. The maximum Gasteiger partial charge on any atom is 0.253 e. The van der Waals surface area contributed by atoms with E-state index in [1.165, 1.54) is 0 Å². The van der Waals surface area contributed by atoms with Crippen molar-refractivity contribution in [3.8, 4) is 11.5 Å². The Morgan fingerprint density at radius 3 is 3.00 bits per heavy atom. The number of rotatable bonds is 2. The fourth-order valence-electron chi connectivity index (χ4n) is 1.98. The first-order valence-electron chi connectivity index (χ1n) is 5.65. The summed E-state index contributed by atoms with van der Waals surface area (Å²) in [4.78, 5) is 11.8. The molecule has 1 N–H and O–H groups in total. The quantitative estimate of drug-likeness (QED) is 0.844. The van der Waals surface area contributed by atoms with Gasteiger partial charge in [0.15, 0.2) is 11.5 Å². The van der Waals surface area contributed by atoms with Gasteiger partial charge >= 0.3 is 0 Å². The predicted molar refractivity (Wildman–Crippen MR) is 60.2 cm³/mol. The third kappa shape index (κ3) is 2.06. The minimum absolute atomic E-state index is 0.0960. The average molecular weight is 235 g/mol. The molecular weight excluding hydrogens is 222 g/mol. The van der Waals surface area contributed by atoms with E-state index < -0.39 is 0 Å². The molecule has 5 nitrogen and oxygen atoms in total. The number of fused-ring (bicyclic) bond motifs is 1. The Morgan fingerprint density at radius 1 is 1.29 bits per heavy atom. The van der Waals surface area contributed by atoms with Gasteiger partial charge in [-0.15, -0.1) is 0 Å². The molecule has 0 saturated carbocycles. The van der Waals surface area contributed by atoms with Gasteiger partial charge in [0, 0.05) is 18.4 Å². The van der Waals surface area contributed by atoms with Gasteiger partial charge in [0.25, 0.3) is 5.91 Å². The van der Waals surface area contributed by atoms with E-state index in [0.717, 1.165) is 12.8 Å². The second-order valence-electron chi connectivity index (χ2n) is 4.06. The van der Waals surface area contributed by atoms with Crippen molar-refractivity contribution >= 4 is 11.6 Å². The molecule has 2 heterocycles. The van der Waals surface area contributed by atoms with Gasteiger partial charge in [-0.1, -0.05) is 0 Å². The lowest BCUT2D eigenvalue weighted by molar-refractivity contribution is -0.124. The summed E-state index contributed by atoms with van der Waals surface area (Å²) in [5, 5.41) is 2.81. The summed E-state index contributed by atoms with van der Waals surface area (Å²) >= 11 is 0. The molecule has 5 heteroatoms. The molecule has 0 aromatic heterocycles. The Hall–Kier alpha value is -1.75. The van der Waals surface area contributed by atoms with Gasteiger partial charge in [0.2, 0.25) is 6.79 Å². The minimum Gasteiger partial charge on any atom is -0.454 e. The summed E-state index contributed by atoms with van der Waals surface area (Å²) in [6, 6.07) is 5.34. The summed E-state index contributed by atoms with van der Waals surface area (Å²) in [5.74, 6) is 1.27. The lowest BCUT2D eigenvalue weighted by atomic mass is 10.2. The van der Waals surface area contributed by atoms with E-state index in [-0.39, 0.29) is 18.8 Å². The van der Waals surface area contributed by atoms with Crippen LogP contribution in [0.15, 0.2) is 18.2 Å². The molecule has 1 aromatic rings. The van der Waals surface area contributed by atoms with Crippen molar-refractivity contribution in [3.05, 3.63) is 18.2 Å². The summed E-state index contributed by atoms with van der Waals surface area (Å²) in [6.07, 6.45) is 1.41. The molecule has 2 aliphatic heterocycles. The predicted octanol–water partition coefficient (Wildman–Crippen LogP) is 1.53. The van der Waals surface area contributed by atoms with E-state index in [1.807, 2.05) is 0 Å². The van der Waals surface area contributed by atoms with Crippen molar-refractivity contribution in [2.75, 3.05) is 18.7 Å². The first-order chi connectivity index (χ1) is 8.33. The SMILES string of the molecule is O=C(Nc1ccc2c(c1)OCO2)C1CCCO1. The topological polar surface area (TPSA) is 56.8 Å². The zero-order valence-corrected chi connectivity index (χ0v) is 9.27. The number of ether oxygens (including phenoxy) is 3. The Kier molecular flexibility index (Phi) is 2.60. The number of nitrogens with one attached hydrogen (secondary N) is 1. The number of hydrogen-bond donors (Lipinski definition) is 1. The molecule has 1 amide bonds. The van der Waals surface area contributed by atoms with Gasteiger partial charge in [-0.2, -0.15) is 0 Å². The molecular formula is C12H13NO4. The van der Waals surface area contributed by atoms with E-state index in [4.69, 9.17) is 14.2 Å². The van der Waals surface area contributed by atoms with Gasteiger partial charge < -0.3 is 19.5 Å². The number of anilines is 1. The van der Waals surface area contributed by atoms with Crippen LogP contribution in [0.4, 0.5) is 5.69 Å². The monoisotopic (exact) mass is 235 g/mol. The van der Waals surface area contributed by atoms with Crippen LogP contribution in [0.25, 0.3) is 0 Å². The number of carbonyl (C=O) groups is 1. The molecule has 0 aliphatic carbocycles. The van der Waals surface area contributed by atoms with Crippen molar-refractivity contribution in [1.82, 2.24) is 0 Å². The first kappa shape index (κ1) is 10.4. The van der Waals surface area contributed by atoms with Crippen molar-refractivity contribution in [2.24, 2.45) is 0 Å². The van der Waals surface area contributed by atoms with Crippen molar-refractivity contribution < 1.29 is 19.0 Å². The van der Waals surface area contributed by atoms with Gasteiger partial charge in [-0.3, -0.25) is 4.79 Å². The van der Waals surface area contributed by atoms with Gasteiger partial charge in [-0.05, 0) is 25.0 Å². The highest BCUT2D eigenvalue weighted by Crippen LogP contribution is 2.34. The number of benzene rings is 1. The fourth-order valence-corrected chi connectivity index (χ4v) is 1.98. The van der Waals surface area contributed by atoms with Crippen LogP contribution in [0.1, 0.15) is 12.8 Å². The molecule has 0 radical (unpaired) electrons.